The van der Waals surface area contributed by atoms with Crippen molar-refractivity contribution in [2.75, 3.05) is 19.7 Å². The van der Waals surface area contributed by atoms with Crippen molar-refractivity contribution in [3.63, 3.8) is 0 Å². The van der Waals surface area contributed by atoms with Gasteiger partial charge >= 0.3 is 0 Å². The third kappa shape index (κ3) is 4.43. The molecule has 1 aromatic rings. The van der Waals surface area contributed by atoms with Gasteiger partial charge < -0.3 is 15.4 Å². The summed E-state index contributed by atoms with van der Waals surface area (Å²) in [7, 11) is 0. The Balaban J connectivity index is 1.84. The molecule has 0 radical (unpaired) electrons. The van der Waals surface area contributed by atoms with E-state index in [0.717, 1.165) is 19.4 Å². The van der Waals surface area contributed by atoms with Crippen molar-refractivity contribution in [3.05, 3.63) is 28.5 Å². The van der Waals surface area contributed by atoms with Crippen LogP contribution in [0.3, 0.4) is 0 Å². The highest BCUT2D eigenvalue weighted by atomic mass is 79.9. The third-order valence-corrected chi connectivity index (χ3v) is 4.53. The summed E-state index contributed by atoms with van der Waals surface area (Å²) in [6.45, 7) is 3.58. The molecular formula is C16H22BrFN2O2. The van der Waals surface area contributed by atoms with E-state index in [0.29, 0.717) is 16.9 Å². The minimum atomic E-state index is -0.437. The van der Waals surface area contributed by atoms with Crippen LogP contribution in [-0.2, 0) is 4.79 Å². The number of carbonyl (C=O) groups is 1. The molecule has 0 bridgehead atoms. The molecule has 1 aliphatic rings. The summed E-state index contributed by atoms with van der Waals surface area (Å²) in [5.41, 5.74) is 5.77. The predicted octanol–water partition coefficient (Wildman–Crippen LogP) is 2.94. The molecule has 0 saturated carbocycles. The lowest BCUT2D eigenvalue weighted by Gasteiger charge is -2.38. The Labute approximate surface area is 138 Å². The van der Waals surface area contributed by atoms with Crippen LogP contribution in [0.15, 0.2) is 22.7 Å². The third-order valence-electron chi connectivity index (χ3n) is 4.04. The van der Waals surface area contributed by atoms with Gasteiger partial charge in [0.15, 0.2) is 11.6 Å². The van der Waals surface area contributed by atoms with Gasteiger partial charge in [-0.15, -0.1) is 0 Å². The molecule has 1 heterocycles. The van der Waals surface area contributed by atoms with Crippen LogP contribution in [0.2, 0.25) is 0 Å². The van der Waals surface area contributed by atoms with E-state index in [1.807, 2.05) is 4.90 Å². The Morgan fingerprint density at radius 1 is 1.55 bits per heavy atom. The van der Waals surface area contributed by atoms with Crippen LogP contribution in [-0.4, -0.2) is 36.5 Å². The first-order chi connectivity index (χ1) is 10.5. The second kappa shape index (κ2) is 7.92. The number of nitrogens with two attached hydrogens (primary N) is 1. The van der Waals surface area contributed by atoms with Crippen molar-refractivity contribution in [1.82, 2.24) is 4.90 Å². The predicted molar refractivity (Wildman–Crippen MR) is 87.2 cm³/mol. The normalized spacial score (nSPS) is 21.7. The lowest BCUT2D eigenvalue weighted by molar-refractivity contribution is -0.135. The Kier molecular flexibility index (Phi) is 6.20. The molecule has 22 heavy (non-hydrogen) atoms. The maximum absolute atomic E-state index is 13.6. The molecule has 2 unspecified atom stereocenters. The minimum absolute atomic E-state index is 0.0277. The van der Waals surface area contributed by atoms with Crippen molar-refractivity contribution in [3.8, 4) is 5.75 Å². The van der Waals surface area contributed by atoms with Gasteiger partial charge in [0.1, 0.15) is 0 Å². The first-order valence-electron chi connectivity index (χ1n) is 7.58. The summed E-state index contributed by atoms with van der Waals surface area (Å²) < 4.78 is 19.6. The summed E-state index contributed by atoms with van der Waals surface area (Å²) in [6.07, 6.45) is 2.19. The maximum atomic E-state index is 13.6. The van der Waals surface area contributed by atoms with Gasteiger partial charge in [0, 0.05) is 23.6 Å². The van der Waals surface area contributed by atoms with E-state index >= 15 is 0 Å². The van der Waals surface area contributed by atoms with E-state index in [1.54, 1.807) is 12.1 Å². The number of rotatable bonds is 5. The second-order valence-electron chi connectivity index (χ2n) is 5.78. The second-order valence-corrected chi connectivity index (χ2v) is 6.70. The number of piperidine rings is 1. The van der Waals surface area contributed by atoms with Gasteiger partial charge in [-0.25, -0.2) is 4.39 Å². The van der Waals surface area contributed by atoms with E-state index < -0.39 is 5.82 Å². The van der Waals surface area contributed by atoms with Gasteiger partial charge in [0.2, 0.25) is 5.91 Å². The van der Waals surface area contributed by atoms with Crippen molar-refractivity contribution in [1.29, 1.82) is 0 Å². The molecule has 1 fully saturated rings. The zero-order valence-electron chi connectivity index (χ0n) is 12.7. The lowest BCUT2D eigenvalue weighted by Crippen LogP contribution is -2.49. The number of hydrogen-bond donors (Lipinski definition) is 1. The summed E-state index contributed by atoms with van der Waals surface area (Å²) in [5.74, 6) is 0.359. The van der Waals surface area contributed by atoms with Crippen molar-refractivity contribution in [2.24, 2.45) is 11.7 Å². The molecule has 0 aromatic heterocycles. The quantitative estimate of drug-likeness (QED) is 0.864. The van der Waals surface area contributed by atoms with E-state index in [2.05, 4.69) is 22.9 Å². The van der Waals surface area contributed by atoms with Gasteiger partial charge in [-0.3, -0.25) is 4.79 Å². The molecule has 1 amide bonds. The minimum Gasteiger partial charge on any atom is -0.490 e. The molecule has 4 nitrogen and oxygen atoms in total. The van der Waals surface area contributed by atoms with Crippen molar-refractivity contribution < 1.29 is 13.9 Å². The number of amides is 1. The standard InChI is InChI=1S/C16H22BrFN2O2/c1-11-4-6-20(13(8-11)10-19)16(21)5-7-22-15-3-2-12(17)9-14(15)18/h2-3,9,11,13H,4-8,10,19H2,1H3. The van der Waals surface area contributed by atoms with Crippen LogP contribution in [0.4, 0.5) is 4.39 Å². The zero-order chi connectivity index (χ0) is 16.1. The van der Waals surface area contributed by atoms with E-state index in [1.165, 1.54) is 6.07 Å². The van der Waals surface area contributed by atoms with Crippen molar-refractivity contribution >= 4 is 21.8 Å². The molecule has 2 atom stereocenters. The van der Waals surface area contributed by atoms with E-state index in [4.69, 9.17) is 10.5 Å². The molecule has 1 aliphatic heterocycles. The van der Waals surface area contributed by atoms with Crippen LogP contribution in [0.5, 0.6) is 5.75 Å². The molecule has 2 rings (SSSR count). The molecule has 6 heteroatoms. The first-order valence-corrected chi connectivity index (χ1v) is 8.38. The van der Waals surface area contributed by atoms with Gasteiger partial charge in [-0.2, -0.15) is 0 Å². The summed E-state index contributed by atoms with van der Waals surface area (Å²) in [6, 6.07) is 4.71. The number of likely N-dealkylation sites (tertiary alicyclic amines) is 1. The van der Waals surface area contributed by atoms with Crippen LogP contribution in [0.1, 0.15) is 26.2 Å². The molecule has 1 saturated heterocycles. The molecular weight excluding hydrogens is 351 g/mol. The number of carbonyl (C=O) groups excluding carboxylic acids is 1. The SMILES string of the molecule is CC1CCN(C(=O)CCOc2ccc(Br)cc2F)C(CN)C1. The van der Waals surface area contributed by atoms with Crippen LogP contribution in [0, 0.1) is 11.7 Å². The fourth-order valence-corrected chi connectivity index (χ4v) is 3.12. The highest BCUT2D eigenvalue weighted by Gasteiger charge is 2.28. The lowest BCUT2D eigenvalue weighted by atomic mass is 9.92. The average Bonchev–Trinajstić information content (AvgIpc) is 2.49. The topological polar surface area (TPSA) is 55.6 Å². The molecule has 122 valence electrons. The highest BCUT2D eigenvalue weighted by molar-refractivity contribution is 9.10. The number of halogens is 2. The van der Waals surface area contributed by atoms with E-state index in [9.17, 15) is 9.18 Å². The van der Waals surface area contributed by atoms with Gasteiger partial charge in [-0.1, -0.05) is 22.9 Å². The molecule has 0 spiro atoms. The Morgan fingerprint density at radius 3 is 3.00 bits per heavy atom. The number of nitrogens with zero attached hydrogens (tertiary/aromatic N) is 1. The van der Waals surface area contributed by atoms with Gasteiger partial charge in [0.05, 0.1) is 13.0 Å². The Bertz CT molecular complexity index is 527. The fourth-order valence-electron chi connectivity index (χ4n) is 2.79. The van der Waals surface area contributed by atoms with Crippen LogP contribution < -0.4 is 10.5 Å². The molecule has 0 aliphatic carbocycles. The summed E-state index contributed by atoms with van der Waals surface area (Å²) >= 11 is 3.19. The van der Waals surface area contributed by atoms with Crippen LogP contribution in [0.25, 0.3) is 0 Å². The summed E-state index contributed by atoms with van der Waals surface area (Å²) in [5, 5.41) is 0. The number of hydrogen-bond acceptors (Lipinski definition) is 3. The van der Waals surface area contributed by atoms with E-state index in [-0.39, 0.29) is 30.7 Å². The smallest absolute Gasteiger partial charge is 0.226 e. The number of ether oxygens (including phenoxy) is 1. The zero-order valence-corrected chi connectivity index (χ0v) is 14.3. The monoisotopic (exact) mass is 372 g/mol. The molecule has 2 N–H and O–H groups in total. The van der Waals surface area contributed by atoms with Gasteiger partial charge in [0.25, 0.3) is 0 Å². The Hall–Kier alpha value is -1.14. The van der Waals surface area contributed by atoms with Crippen LogP contribution >= 0.6 is 15.9 Å². The highest BCUT2D eigenvalue weighted by Crippen LogP contribution is 2.23. The fraction of sp³-hybridized carbons (Fsp3) is 0.562. The first kappa shape index (κ1) is 17.2. The largest absolute Gasteiger partial charge is 0.490 e. The molecule has 1 aromatic carbocycles. The van der Waals surface area contributed by atoms with Crippen molar-refractivity contribution in [2.45, 2.75) is 32.2 Å². The average molecular weight is 373 g/mol. The summed E-state index contributed by atoms with van der Waals surface area (Å²) in [4.78, 5) is 14.1. The van der Waals surface area contributed by atoms with Gasteiger partial charge in [-0.05, 0) is 37.0 Å². The maximum Gasteiger partial charge on any atom is 0.226 e. The Morgan fingerprint density at radius 2 is 2.32 bits per heavy atom. The number of benzene rings is 1.